The van der Waals surface area contributed by atoms with Crippen molar-refractivity contribution in [2.45, 2.75) is 31.2 Å². The maximum atomic E-state index is 13.6. The van der Waals surface area contributed by atoms with Gasteiger partial charge in [0.2, 0.25) is 5.03 Å². The van der Waals surface area contributed by atoms with Crippen molar-refractivity contribution in [1.82, 2.24) is 4.98 Å². The molecule has 0 aliphatic heterocycles. The largest absolute Gasteiger partial charge is 0.282 e. The molecule has 0 fully saturated rings. The summed E-state index contributed by atoms with van der Waals surface area (Å²) in [7, 11) is -4.04. The molecule has 0 aliphatic carbocycles. The van der Waals surface area contributed by atoms with Crippen molar-refractivity contribution in [2.75, 3.05) is 4.72 Å². The lowest BCUT2D eigenvalue weighted by Crippen LogP contribution is -2.17. The summed E-state index contributed by atoms with van der Waals surface area (Å²) in [5, 5.41) is -0.594. The van der Waals surface area contributed by atoms with Gasteiger partial charge < -0.3 is 0 Å². The van der Waals surface area contributed by atoms with Gasteiger partial charge in [-0.15, -0.1) is 0 Å². The molecule has 1 heterocycles. The second-order valence-corrected chi connectivity index (χ2v) is 6.39. The van der Waals surface area contributed by atoms with Crippen molar-refractivity contribution >= 4 is 15.7 Å². The molecule has 0 amide bonds. The van der Waals surface area contributed by atoms with Gasteiger partial charge in [0.05, 0.1) is 5.69 Å². The summed E-state index contributed by atoms with van der Waals surface area (Å²) in [5.41, 5.74) is 1.33. The summed E-state index contributed by atoms with van der Waals surface area (Å²) in [6.07, 6.45) is 2.12. The molecule has 0 bridgehead atoms. The lowest BCUT2D eigenvalue weighted by Gasteiger charge is -2.16. The van der Waals surface area contributed by atoms with E-state index in [1.165, 1.54) is 12.3 Å². The van der Waals surface area contributed by atoms with E-state index in [9.17, 15) is 12.8 Å². The van der Waals surface area contributed by atoms with Crippen molar-refractivity contribution in [1.29, 1.82) is 0 Å². The van der Waals surface area contributed by atoms with Gasteiger partial charge in [-0.3, -0.25) is 4.72 Å². The number of hydrogen-bond donors (Lipinski definition) is 1. The van der Waals surface area contributed by atoms with Crippen molar-refractivity contribution in [3.63, 3.8) is 0 Å². The van der Waals surface area contributed by atoms with Crippen molar-refractivity contribution in [2.24, 2.45) is 0 Å². The molecule has 1 unspecified atom stereocenters. The van der Waals surface area contributed by atoms with Crippen LogP contribution in [0.4, 0.5) is 10.1 Å². The number of sulfonamides is 1. The van der Waals surface area contributed by atoms with E-state index in [0.29, 0.717) is 5.69 Å². The summed E-state index contributed by atoms with van der Waals surface area (Å²) in [4.78, 5) is 3.62. The highest BCUT2D eigenvalue weighted by Crippen LogP contribution is 2.28. The standard InChI is InChI=1S/C15H17FN2O2S/c1-3-11(2)12-7-4-5-9-14(12)18-21(19,20)15-13(16)8-6-10-17-15/h4-11,18H,3H2,1-2H3. The summed E-state index contributed by atoms with van der Waals surface area (Å²) >= 11 is 0. The topological polar surface area (TPSA) is 59.1 Å². The predicted octanol–water partition coefficient (Wildman–Crippen LogP) is 3.54. The second kappa shape index (κ2) is 6.22. The Morgan fingerprint density at radius 2 is 1.95 bits per heavy atom. The van der Waals surface area contributed by atoms with E-state index < -0.39 is 20.9 Å². The summed E-state index contributed by atoms with van der Waals surface area (Å²) < 4.78 is 40.6. The lowest BCUT2D eigenvalue weighted by molar-refractivity contribution is 0.556. The number of hydrogen-bond acceptors (Lipinski definition) is 3. The fourth-order valence-corrected chi connectivity index (χ4v) is 3.10. The molecule has 1 N–H and O–H groups in total. The van der Waals surface area contributed by atoms with Gasteiger partial charge in [0.15, 0.2) is 5.82 Å². The molecular weight excluding hydrogens is 291 g/mol. The van der Waals surface area contributed by atoms with Crippen LogP contribution in [0.5, 0.6) is 0 Å². The molecule has 4 nitrogen and oxygen atoms in total. The zero-order valence-corrected chi connectivity index (χ0v) is 12.7. The van der Waals surface area contributed by atoms with Gasteiger partial charge in [-0.25, -0.2) is 9.37 Å². The van der Waals surface area contributed by atoms with Crippen molar-refractivity contribution in [3.8, 4) is 0 Å². The zero-order valence-electron chi connectivity index (χ0n) is 11.9. The van der Waals surface area contributed by atoms with E-state index in [1.807, 2.05) is 26.0 Å². The average Bonchev–Trinajstić information content (AvgIpc) is 2.47. The van der Waals surface area contributed by atoms with Gasteiger partial charge in [0.1, 0.15) is 0 Å². The van der Waals surface area contributed by atoms with E-state index in [1.54, 1.807) is 12.1 Å². The first-order chi connectivity index (χ1) is 9.95. The van der Waals surface area contributed by atoms with Crippen LogP contribution in [-0.4, -0.2) is 13.4 Å². The fraction of sp³-hybridized carbons (Fsp3) is 0.267. The highest BCUT2D eigenvalue weighted by Gasteiger charge is 2.22. The molecule has 1 aromatic carbocycles. The van der Waals surface area contributed by atoms with Crippen molar-refractivity contribution in [3.05, 3.63) is 54.0 Å². The van der Waals surface area contributed by atoms with E-state index in [2.05, 4.69) is 9.71 Å². The monoisotopic (exact) mass is 308 g/mol. The summed E-state index contributed by atoms with van der Waals surface area (Å²) in [6.45, 7) is 4.03. The number of nitrogens with one attached hydrogen (secondary N) is 1. The summed E-state index contributed by atoms with van der Waals surface area (Å²) in [6, 6.07) is 9.53. The van der Waals surface area contributed by atoms with Gasteiger partial charge in [0.25, 0.3) is 10.0 Å². The SMILES string of the molecule is CCC(C)c1ccccc1NS(=O)(=O)c1ncccc1F. The van der Waals surface area contributed by atoms with E-state index in [4.69, 9.17) is 0 Å². The molecule has 1 aromatic heterocycles. The van der Waals surface area contributed by atoms with E-state index in [0.717, 1.165) is 18.1 Å². The smallest absolute Gasteiger partial charge is 0.278 e. The van der Waals surface area contributed by atoms with Gasteiger partial charge in [-0.05, 0) is 36.1 Å². The number of benzene rings is 1. The fourth-order valence-electron chi connectivity index (χ4n) is 2.00. The first-order valence-corrected chi connectivity index (χ1v) is 8.16. The summed E-state index contributed by atoms with van der Waals surface area (Å²) in [5.74, 6) is -0.677. The quantitative estimate of drug-likeness (QED) is 0.919. The third-order valence-electron chi connectivity index (χ3n) is 3.33. The lowest BCUT2D eigenvalue weighted by atomic mass is 9.97. The second-order valence-electron chi connectivity index (χ2n) is 4.79. The Labute approximate surface area is 124 Å². The molecule has 2 rings (SSSR count). The average molecular weight is 308 g/mol. The van der Waals surface area contributed by atoms with Crippen LogP contribution in [0.3, 0.4) is 0 Å². The molecule has 0 aliphatic rings. The van der Waals surface area contributed by atoms with Gasteiger partial charge in [0, 0.05) is 6.20 Å². The Balaban J connectivity index is 2.41. The van der Waals surface area contributed by atoms with Crippen LogP contribution in [0.15, 0.2) is 47.6 Å². The molecule has 0 saturated heterocycles. The number of rotatable bonds is 5. The minimum absolute atomic E-state index is 0.192. The van der Waals surface area contributed by atoms with Crippen LogP contribution in [0, 0.1) is 5.82 Å². The van der Waals surface area contributed by atoms with E-state index in [-0.39, 0.29) is 5.92 Å². The van der Waals surface area contributed by atoms with Crippen LogP contribution >= 0.6 is 0 Å². The molecule has 21 heavy (non-hydrogen) atoms. The molecule has 2 aromatic rings. The van der Waals surface area contributed by atoms with Crippen molar-refractivity contribution < 1.29 is 12.8 Å². The number of pyridine rings is 1. The maximum absolute atomic E-state index is 13.6. The Hall–Kier alpha value is -1.95. The molecule has 0 saturated carbocycles. The first kappa shape index (κ1) is 15.4. The zero-order chi connectivity index (χ0) is 15.5. The van der Waals surface area contributed by atoms with Crippen LogP contribution in [0.25, 0.3) is 0 Å². The Morgan fingerprint density at radius 1 is 1.24 bits per heavy atom. The third kappa shape index (κ3) is 3.39. The maximum Gasteiger partial charge on any atom is 0.282 e. The van der Waals surface area contributed by atoms with Gasteiger partial charge in [-0.2, -0.15) is 8.42 Å². The molecule has 6 heteroatoms. The minimum Gasteiger partial charge on any atom is -0.278 e. The van der Waals surface area contributed by atoms with Crippen LogP contribution in [0.2, 0.25) is 0 Å². The molecule has 1 atom stereocenters. The highest BCUT2D eigenvalue weighted by molar-refractivity contribution is 7.92. The van der Waals surface area contributed by atoms with Crippen LogP contribution in [-0.2, 0) is 10.0 Å². The number of para-hydroxylation sites is 1. The predicted molar refractivity (Wildman–Crippen MR) is 80.2 cm³/mol. The van der Waals surface area contributed by atoms with E-state index >= 15 is 0 Å². The normalized spacial score (nSPS) is 12.9. The number of aromatic nitrogens is 1. The molecule has 0 spiro atoms. The molecule has 112 valence electrons. The Morgan fingerprint density at radius 3 is 2.62 bits per heavy atom. The van der Waals surface area contributed by atoms with Gasteiger partial charge >= 0.3 is 0 Å². The number of anilines is 1. The molecule has 0 radical (unpaired) electrons. The Kier molecular flexibility index (Phi) is 4.57. The number of halogens is 1. The van der Waals surface area contributed by atoms with Gasteiger partial charge in [-0.1, -0.05) is 32.0 Å². The minimum atomic E-state index is -4.04. The van der Waals surface area contributed by atoms with Crippen LogP contribution in [0.1, 0.15) is 31.7 Å². The highest BCUT2D eigenvalue weighted by atomic mass is 32.2. The molecular formula is C15H17FN2O2S. The third-order valence-corrected chi connectivity index (χ3v) is 4.63. The van der Waals surface area contributed by atoms with Crippen LogP contribution < -0.4 is 4.72 Å². The number of nitrogens with zero attached hydrogens (tertiary/aromatic N) is 1. The Bertz CT molecular complexity index is 732. The first-order valence-electron chi connectivity index (χ1n) is 6.68.